The van der Waals surface area contributed by atoms with Crippen molar-refractivity contribution in [3.8, 4) is 5.95 Å². The van der Waals surface area contributed by atoms with Gasteiger partial charge < -0.3 is 10.6 Å². The van der Waals surface area contributed by atoms with Gasteiger partial charge >= 0.3 is 0 Å². The standard InChI is InChI=1S/C10H13N9O/c11-18-9-15-8(14-6-4-7(20)12-5-6)16-10(17-9)19-3-1-2-13-19/h1-3,6H,4-5,11H2,(H,12,20)(H2,14,15,16,17,18). The van der Waals surface area contributed by atoms with Gasteiger partial charge in [0.25, 0.3) is 5.95 Å². The molecule has 1 aliphatic rings. The van der Waals surface area contributed by atoms with Crippen LogP contribution in [-0.4, -0.2) is 43.2 Å². The molecule has 2 aromatic heterocycles. The number of rotatable bonds is 4. The maximum absolute atomic E-state index is 11.2. The van der Waals surface area contributed by atoms with Gasteiger partial charge in [0.05, 0.1) is 6.04 Å². The number of nitrogens with two attached hydrogens (primary N) is 1. The number of carbonyl (C=O) groups excluding carboxylic acids is 1. The number of hydrogen-bond donors (Lipinski definition) is 4. The van der Waals surface area contributed by atoms with Crippen LogP contribution in [0.4, 0.5) is 11.9 Å². The van der Waals surface area contributed by atoms with Crippen LogP contribution in [0.2, 0.25) is 0 Å². The van der Waals surface area contributed by atoms with Crippen molar-refractivity contribution < 1.29 is 4.79 Å². The SMILES string of the molecule is NNc1nc(NC2CNC(=O)C2)nc(-n2cccn2)n1. The molecule has 1 aliphatic heterocycles. The minimum absolute atomic E-state index is 0.000953. The third-order valence-electron chi connectivity index (χ3n) is 2.77. The third kappa shape index (κ3) is 2.49. The van der Waals surface area contributed by atoms with Gasteiger partial charge in [-0.25, -0.2) is 10.5 Å². The van der Waals surface area contributed by atoms with Gasteiger partial charge in [-0.05, 0) is 6.07 Å². The third-order valence-corrected chi connectivity index (χ3v) is 2.77. The molecule has 1 fully saturated rings. The summed E-state index contributed by atoms with van der Waals surface area (Å²) in [5, 5.41) is 9.84. The van der Waals surface area contributed by atoms with Crippen LogP contribution >= 0.6 is 0 Å². The minimum Gasteiger partial charge on any atom is -0.354 e. The zero-order valence-corrected chi connectivity index (χ0v) is 10.4. The predicted molar refractivity (Wildman–Crippen MR) is 69.8 cm³/mol. The van der Waals surface area contributed by atoms with Gasteiger partial charge in [0, 0.05) is 25.4 Å². The molecule has 2 aromatic rings. The number of nitrogen functional groups attached to an aromatic ring is 1. The Morgan fingerprint density at radius 2 is 2.20 bits per heavy atom. The Balaban J connectivity index is 1.86. The van der Waals surface area contributed by atoms with Gasteiger partial charge in [0.15, 0.2) is 0 Å². The highest BCUT2D eigenvalue weighted by molar-refractivity contribution is 5.79. The Kier molecular flexibility index (Phi) is 3.13. The molecule has 1 saturated heterocycles. The summed E-state index contributed by atoms with van der Waals surface area (Å²) in [4.78, 5) is 23.6. The smallest absolute Gasteiger partial charge is 0.257 e. The Morgan fingerprint density at radius 3 is 2.85 bits per heavy atom. The van der Waals surface area contributed by atoms with Gasteiger partial charge in [-0.3, -0.25) is 10.2 Å². The molecule has 3 heterocycles. The number of hydrogen-bond acceptors (Lipinski definition) is 8. The van der Waals surface area contributed by atoms with E-state index in [4.69, 9.17) is 5.84 Å². The second-order valence-corrected chi connectivity index (χ2v) is 4.23. The summed E-state index contributed by atoms with van der Waals surface area (Å²) in [6.45, 7) is 0.535. The molecule has 1 unspecified atom stereocenters. The van der Waals surface area contributed by atoms with Crippen LogP contribution in [-0.2, 0) is 4.79 Å². The van der Waals surface area contributed by atoms with Crippen molar-refractivity contribution >= 4 is 17.8 Å². The van der Waals surface area contributed by atoms with Gasteiger partial charge in [-0.15, -0.1) is 0 Å². The lowest BCUT2D eigenvalue weighted by atomic mass is 10.3. The van der Waals surface area contributed by atoms with Crippen LogP contribution in [0.25, 0.3) is 5.95 Å². The first kappa shape index (κ1) is 12.3. The fourth-order valence-electron chi connectivity index (χ4n) is 1.87. The summed E-state index contributed by atoms with van der Waals surface area (Å²) >= 11 is 0. The maximum Gasteiger partial charge on any atom is 0.257 e. The van der Waals surface area contributed by atoms with Crippen molar-refractivity contribution in [2.45, 2.75) is 12.5 Å². The molecule has 3 rings (SSSR count). The van der Waals surface area contributed by atoms with E-state index in [1.165, 1.54) is 4.68 Å². The zero-order chi connectivity index (χ0) is 13.9. The maximum atomic E-state index is 11.2. The van der Waals surface area contributed by atoms with E-state index in [9.17, 15) is 4.79 Å². The molecule has 5 N–H and O–H groups in total. The predicted octanol–water partition coefficient (Wildman–Crippen LogP) is -1.36. The molecule has 0 aromatic carbocycles. The Bertz CT molecular complexity index is 611. The molecular formula is C10H13N9O. The minimum atomic E-state index is -0.0546. The second kappa shape index (κ2) is 5.09. The molecule has 0 saturated carbocycles. The fourth-order valence-corrected chi connectivity index (χ4v) is 1.87. The van der Waals surface area contributed by atoms with E-state index < -0.39 is 0 Å². The van der Waals surface area contributed by atoms with Crippen molar-refractivity contribution in [2.75, 3.05) is 17.3 Å². The number of nitrogens with zero attached hydrogens (tertiary/aromatic N) is 5. The summed E-state index contributed by atoms with van der Waals surface area (Å²) in [7, 11) is 0. The lowest BCUT2D eigenvalue weighted by molar-refractivity contribution is -0.119. The Hall–Kier alpha value is -2.75. The van der Waals surface area contributed by atoms with Crippen molar-refractivity contribution in [2.24, 2.45) is 5.84 Å². The molecule has 0 radical (unpaired) electrons. The molecule has 20 heavy (non-hydrogen) atoms. The Labute approximate surface area is 113 Å². The van der Waals surface area contributed by atoms with E-state index in [0.29, 0.717) is 24.9 Å². The fraction of sp³-hybridized carbons (Fsp3) is 0.300. The molecule has 0 spiro atoms. The monoisotopic (exact) mass is 275 g/mol. The molecule has 104 valence electrons. The van der Waals surface area contributed by atoms with E-state index in [2.05, 4.69) is 36.1 Å². The summed E-state index contributed by atoms with van der Waals surface area (Å²) in [5.74, 6) is 6.22. The van der Waals surface area contributed by atoms with Gasteiger partial charge in [0.2, 0.25) is 17.8 Å². The molecule has 10 nitrogen and oxygen atoms in total. The highest BCUT2D eigenvalue weighted by Gasteiger charge is 2.22. The van der Waals surface area contributed by atoms with Crippen molar-refractivity contribution in [3.63, 3.8) is 0 Å². The molecule has 0 bridgehead atoms. The lowest BCUT2D eigenvalue weighted by Gasteiger charge is -2.11. The first-order valence-corrected chi connectivity index (χ1v) is 6.00. The van der Waals surface area contributed by atoms with Crippen molar-refractivity contribution in [1.82, 2.24) is 30.0 Å². The summed E-state index contributed by atoms with van der Waals surface area (Å²) in [5.41, 5.74) is 2.38. The zero-order valence-electron chi connectivity index (χ0n) is 10.4. The summed E-state index contributed by atoms with van der Waals surface area (Å²) in [6, 6.07) is 1.70. The first-order chi connectivity index (χ1) is 9.74. The number of aromatic nitrogens is 5. The van der Waals surface area contributed by atoms with Crippen LogP contribution in [0.3, 0.4) is 0 Å². The number of hydrazine groups is 1. The van der Waals surface area contributed by atoms with Gasteiger partial charge in [-0.1, -0.05) is 0 Å². The van der Waals surface area contributed by atoms with Crippen LogP contribution in [0.5, 0.6) is 0 Å². The second-order valence-electron chi connectivity index (χ2n) is 4.23. The quantitative estimate of drug-likeness (QED) is 0.397. The van der Waals surface area contributed by atoms with Crippen LogP contribution < -0.4 is 21.9 Å². The molecule has 10 heteroatoms. The largest absolute Gasteiger partial charge is 0.354 e. The lowest BCUT2D eigenvalue weighted by Crippen LogP contribution is -2.25. The van der Waals surface area contributed by atoms with E-state index >= 15 is 0 Å². The number of anilines is 2. The molecule has 1 amide bonds. The Morgan fingerprint density at radius 1 is 1.35 bits per heavy atom. The average Bonchev–Trinajstić information content (AvgIpc) is 3.10. The summed E-state index contributed by atoms with van der Waals surface area (Å²) < 4.78 is 1.49. The number of nitrogens with one attached hydrogen (secondary N) is 3. The van der Waals surface area contributed by atoms with E-state index in [1.54, 1.807) is 18.5 Å². The first-order valence-electron chi connectivity index (χ1n) is 6.00. The highest BCUT2D eigenvalue weighted by Crippen LogP contribution is 2.11. The number of carbonyl (C=O) groups is 1. The molecular weight excluding hydrogens is 262 g/mol. The van der Waals surface area contributed by atoms with Crippen LogP contribution in [0, 0.1) is 0 Å². The van der Waals surface area contributed by atoms with Crippen LogP contribution in [0.1, 0.15) is 6.42 Å². The average molecular weight is 275 g/mol. The van der Waals surface area contributed by atoms with Gasteiger partial charge in [-0.2, -0.15) is 20.1 Å². The van der Waals surface area contributed by atoms with Gasteiger partial charge in [0.1, 0.15) is 0 Å². The van der Waals surface area contributed by atoms with E-state index in [1.807, 2.05) is 0 Å². The molecule has 0 aliphatic carbocycles. The number of amides is 1. The van der Waals surface area contributed by atoms with E-state index in [0.717, 1.165) is 0 Å². The van der Waals surface area contributed by atoms with E-state index in [-0.39, 0.29) is 17.9 Å². The highest BCUT2D eigenvalue weighted by atomic mass is 16.1. The molecule has 1 atom stereocenters. The summed E-state index contributed by atoms with van der Waals surface area (Å²) in [6.07, 6.45) is 3.71. The van der Waals surface area contributed by atoms with Crippen molar-refractivity contribution in [3.05, 3.63) is 18.5 Å². The van der Waals surface area contributed by atoms with Crippen molar-refractivity contribution in [1.29, 1.82) is 0 Å². The normalized spacial score (nSPS) is 17.9. The topological polar surface area (TPSA) is 136 Å². The van der Waals surface area contributed by atoms with Crippen LogP contribution in [0.15, 0.2) is 18.5 Å².